The molecule has 1 aliphatic rings. The van der Waals surface area contributed by atoms with Crippen LogP contribution >= 0.6 is 27.3 Å². The number of carbonyl (C=O) groups excluding carboxylic acids is 1. The van der Waals surface area contributed by atoms with Crippen molar-refractivity contribution >= 4 is 45.2 Å². The summed E-state index contributed by atoms with van der Waals surface area (Å²) in [5, 5.41) is 1.95. The van der Waals surface area contributed by atoms with Crippen LogP contribution in [0.2, 0.25) is 0 Å². The van der Waals surface area contributed by atoms with Gasteiger partial charge in [0.2, 0.25) is 5.90 Å². The molecule has 0 aliphatic carbocycles. The molecule has 1 aromatic carbocycles. The molecule has 3 rings (SSSR count). The van der Waals surface area contributed by atoms with Crippen molar-refractivity contribution in [2.24, 2.45) is 4.99 Å². The third-order valence-corrected chi connectivity index (χ3v) is 4.15. The van der Waals surface area contributed by atoms with Gasteiger partial charge in [-0.15, -0.1) is 11.3 Å². The molecule has 0 unspecified atom stereocenters. The molecule has 19 heavy (non-hydrogen) atoms. The maximum Gasteiger partial charge on any atom is 0.363 e. The number of cyclic esters (lactones) is 1. The Kier molecular flexibility index (Phi) is 3.31. The van der Waals surface area contributed by atoms with E-state index in [-0.39, 0.29) is 0 Å². The Balaban J connectivity index is 1.94. The van der Waals surface area contributed by atoms with Crippen LogP contribution in [0.15, 0.2) is 56.9 Å². The summed E-state index contributed by atoms with van der Waals surface area (Å²) in [4.78, 5) is 17.0. The van der Waals surface area contributed by atoms with Gasteiger partial charge in [-0.3, -0.25) is 0 Å². The third-order valence-electron chi connectivity index (χ3n) is 2.51. The minimum absolute atomic E-state index is 0.327. The monoisotopic (exact) mass is 333 g/mol. The van der Waals surface area contributed by atoms with Crippen molar-refractivity contribution in [1.82, 2.24) is 0 Å². The van der Waals surface area contributed by atoms with Crippen molar-refractivity contribution < 1.29 is 9.53 Å². The number of thiophene rings is 1. The number of nitrogens with zero attached hydrogens (tertiary/aromatic N) is 1. The number of ether oxygens (including phenoxy) is 1. The lowest BCUT2D eigenvalue weighted by atomic mass is 10.2. The summed E-state index contributed by atoms with van der Waals surface area (Å²) in [7, 11) is 0. The minimum atomic E-state index is -0.414. The third kappa shape index (κ3) is 2.67. The molecule has 2 heterocycles. The summed E-state index contributed by atoms with van der Waals surface area (Å²) < 4.78 is 6.16. The Hall–Kier alpha value is -1.72. The SMILES string of the molecule is O=C1OC(c2ccccc2)=NC1=Cc1cc(Br)cs1. The van der Waals surface area contributed by atoms with Crippen LogP contribution in [0.3, 0.4) is 0 Å². The molecule has 3 nitrogen and oxygen atoms in total. The lowest BCUT2D eigenvalue weighted by Gasteiger charge is -1.97. The second kappa shape index (κ2) is 5.11. The van der Waals surface area contributed by atoms with Crippen LogP contribution in [0.1, 0.15) is 10.4 Å². The Morgan fingerprint density at radius 2 is 2.05 bits per heavy atom. The fraction of sp³-hybridized carbons (Fsp3) is 0. The quantitative estimate of drug-likeness (QED) is 0.618. The van der Waals surface area contributed by atoms with Crippen molar-refractivity contribution in [2.75, 3.05) is 0 Å². The number of rotatable bonds is 2. The zero-order valence-corrected chi connectivity index (χ0v) is 12.1. The first-order valence-corrected chi connectivity index (χ1v) is 7.22. The van der Waals surface area contributed by atoms with Crippen molar-refractivity contribution in [1.29, 1.82) is 0 Å². The second-order valence-corrected chi connectivity index (χ2v) is 5.73. The molecule has 0 amide bonds. The fourth-order valence-corrected chi connectivity index (χ4v) is 3.02. The average molecular weight is 334 g/mol. The maximum absolute atomic E-state index is 11.8. The first-order chi connectivity index (χ1) is 9.22. The minimum Gasteiger partial charge on any atom is -0.402 e. The lowest BCUT2D eigenvalue weighted by Crippen LogP contribution is -2.04. The van der Waals surface area contributed by atoms with Crippen LogP contribution in [-0.2, 0) is 9.53 Å². The molecule has 1 aliphatic heterocycles. The van der Waals surface area contributed by atoms with Gasteiger partial charge in [-0.2, -0.15) is 0 Å². The van der Waals surface area contributed by atoms with Gasteiger partial charge in [-0.1, -0.05) is 18.2 Å². The first-order valence-electron chi connectivity index (χ1n) is 5.54. The maximum atomic E-state index is 11.8. The second-order valence-electron chi connectivity index (χ2n) is 3.87. The van der Waals surface area contributed by atoms with Crippen molar-refractivity contribution in [3.63, 3.8) is 0 Å². The number of hydrogen-bond acceptors (Lipinski definition) is 4. The first kappa shape index (κ1) is 12.3. The van der Waals surface area contributed by atoms with E-state index >= 15 is 0 Å². The predicted molar refractivity (Wildman–Crippen MR) is 79.1 cm³/mol. The number of carbonyl (C=O) groups is 1. The molecule has 0 bridgehead atoms. The van der Waals surface area contributed by atoms with Crippen molar-refractivity contribution in [3.8, 4) is 0 Å². The molecule has 0 N–H and O–H groups in total. The summed E-state index contributed by atoms with van der Waals surface area (Å²) in [6.07, 6.45) is 1.73. The number of hydrogen-bond donors (Lipinski definition) is 0. The van der Waals surface area contributed by atoms with E-state index in [9.17, 15) is 4.79 Å². The van der Waals surface area contributed by atoms with E-state index in [2.05, 4.69) is 20.9 Å². The molecule has 5 heteroatoms. The van der Waals surface area contributed by atoms with E-state index in [0.29, 0.717) is 11.6 Å². The molecular weight excluding hydrogens is 326 g/mol. The number of esters is 1. The summed E-state index contributed by atoms with van der Waals surface area (Å²) >= 11 is 4.91. The summed E-state index contributed by atoms with van der Waals surface area (Å²) in [5.74, 6) is -0.0594. The fourth-order valence-electron chi connectivity index (χ4n) is 1.65. The molecule has 0 saturated heterocycles. The smallest absolute Gasteiger partial charge is 0.363 e. The molecule has 0 radical (unpaired) electrons. The van der Waals surface area contributed by atoms with Gasteiger partial charge in [0, 0.05) is 20.3 Å². The Labute approximate surface area is 122 Å². The van der Waals surface area contributed by atoms with Gasteiger partial charge in [0.1, 0.15) is 0 Å². The van der Waals surface area contributed by atoms with Gasteiger partial charge in [0.05, 0.1) is 0 Å². The summed E-state index contributed by atoms with van der Waals surface area (Å²) in [5.41, 5.74) is 1.12. The van der Waals surface area contributed by atoms with E-state index in [4.69, 9.17) is 4.74 Å². The highest BCUT2D eigenvalue weighted by Crippen LogP contribution is 2.24. The van der Waals surface area contributed by atoms with Gasteiger partial charge in [-0.25, -0.2) is 9.79 Å². The van der Waals surface area contributed by atoms with E-state index in [1.54, 1.807) is 6.08 Å². The Morgan fingerprint density at radius 3 is 2.74 bits per heavy atom. The van der Waals surface area contributed by atoms with Crippen LogP contribution in [0.5, 0.6) is 0 Å². The molecule has 0 saturated carbocycles. The summed E-state index contributed by atoms with van der Waals surface area (Å²) in [6.45, 7) is 0. The van der Waals surface area contributed by atoms with Crippen LogP contribution in [0, 0.1) is 0 Å². The zero-order chi connectivity index (χ0) is 13.2. The molecular formula is C14H8BrNO2S. The van der Waals surface area contributed by atoms with Gasteiger partial charge < -0.3 is 4.74 Å². The molecule has 2 aromatic rings. The van der Waals surface area contributed by atoms with Gasteiger partial charge >= 0.3 is 5.97 Å². The largest absolute Gasteiger partial charge is 0.402 e. The highest BCUT2D eigenvalue weighted by Gasteiger charge is 2.23. The lowest BCUT2D eigenvalue weighted by molar-refractivity contribution is -0.129. The van der Waals surface area contributed by atoms with E-state index in [1.165, 1.54) is 11.3 Å². The normalized spacial score (nSPS) is 16.6. The topological polar surface area (TPSA) is 38.7 Å². The van der Waals surface area contributed by atoms with Gasteiger partial charge in [0.15, 0.2) is 5.70 Å². The number of benzene rings is 1. The molecule has 0 fully saturated rings. The van der Waals surface area contributed by atoms with Crippen LogP contribution < -0.4 is 0 Å². The Bertz CT molecular complexity index is 688. The molecule has 0 spiro atoms. The van der Waals surface area contributed by atoms with Crippen molar-refractivity contribution in [2.45, 2.75) is 0 Å². The summed E-state index contributed by atoms with van der Waals surface area (Å²) in [6, 6.07) is 11.3. The van der Waals surface area contributed by atoms with Gasteiger partial charge in [0.25, 0.3) is 0 Å². The zero-order valence-electron chi connectivity index (χ0n) is 9.67. The van der Waals surface area contributed by atoms with Crippen LogP contribution in [-0.4, -0.2) is 11.9 Å². The van der Waals surface area contributed by atoms with Crippen LogP contribution in [0.4, 0.5) is 0 Å². The van der Waals surface area contributed by atoms with E-state index in [0.717, 1.165) is 14.9 Å². The van der Waals surface area contributed by atoms with Gasteiger partial charge in [-0.05, 0) is 40.2 Å². The Morgan fingerprint density at radius 1 is 1.26 bits per heavy atom. The van der Waals surface area contributed by atoms with Crippen LogP contribution in [0.25, 0.3) is 6.08 Å². The number of aliphatic imine (C=N–C) groups is 1. The standard InChI is InChI=1S/C14H8BrNO2S/c15-10-6-11(19-8-10)7-12-14(17)18-13(16-12)9-4-2-1-3-5-9/h1-8H. The van der Waals surface area contributed by atoms with Crippen molar-refractivity contribution in [3.05, 3.63) is 62.4 Å². The van der Waals surface area contributed by atoms with E-state index in [1.807, 2.05) is 41.8 Å². The highest BCUT2D eigenvalue weighted by atomic mass is 79.9. The molecule has 0 atom stereocenters. The molecule has 1 aromatic heterocycles. The average Bonchev–Trinajstić information content (AvgIpc) is 2.98. The highest BCUT2D eigenvalue weighted by molar-refractivity contribution is 9.10. The number of halogens is 1. The van der Waals surface area contributed by atoms with E-state index < -0.39 is 5.97 Å². The molecule has 94 valence electrons. The predicted octanol–water partition coefficient (Wildman–Crippen LogP) is 3.86.